The van der Waals surface area contributed by atoms with E-state index in [-0.39, 0.29) is 6.10 Å². The first-order valence-corrected chi connectivity index (χ1v) is 10.4. The summed E-state index contributed by atoms with van der Waals surface area (Å²) in [6.07, 6.45) is 9.72. The zero-order valence-electron chi connectivity index (χ0n) is 17.1. The van der Waals surface area contributed by atoms with Crippen molar-refractivity contribution in [2.75, 3.05) is 25.1 Å². The van der Waals surface area contributed by atoms with Crippen molar-refractivity contribution in [3.63, 3.8) is 0 Å². The van der Waals surface area contributed by atoms with Gasteiger partial charge in [0.25, 0.3) is 0 Å². The number of pyridine rings is 1. The molecule has 28 heavy (non-hydrogen) atoms. The van der Waals surface area contributed by atoms with Crippen LogP contribution >= 0.6 is 0 Å². The van der Waals surface area contributed by atoms with Crippen LogP contribution in [0, 0.1) is 13.8 Å². The van der Waals surface area contributed by atoms with Gasteiger partial charge in [-0.2, -0.15) is 4.98 Å². The van der Waals surface area contributed by atoms with E-state index in [0.717, 1.165) is 36.5 Å². The maximum atomic E-state index is 5.89. The van der Waals surface area contributed by atoms with Gasteiger partial charge in [0.2, 0.25) is 11.7 Å². The highest BCUT2D eigenvalue weighted by atomic mass is 16.5. The van der Waals surface area contributed by atoms with Gasteiger partial charge in [-0.1, -0.05) is 24.4 Å². The Morgan fingerprint density at radius 1 is 1.18 bits per heavy atom. The summed E-state index contributed by atoms with van der Waals surface area (Å²) < 4.78 is 11.1. The molecule has 7 nitrogen and oxygen atoms in total. The number of anilines is 1. The van der Waals surface area contributed by atoms with E-state index in [1.807, 2.05) is 27.2 Å². The van der Waals surface area contributed by atoms with Crippen LogP contribution in [0.5, 0.6) is 0 Å². The average Bonchev–Trinajstić information content (AvgIpc) is 3.15. The summed E-state index contributed by atoms with van der Waals surface area (Å²) in [5, 5.41) is 8.00. The molecule has 3 heterocycles. The molecule has 1 saturated heterocycles. The number of piperidine rings is 1. The molecule has 0 aromatic carbocycles. The number of hydrogen-bond donors (Lipinski definition) is 1. The highest BCUT2D eigenvalue weighted by Crippen LogP contribution is 2.31. The van der Waals surface area contributed by atoms with Gasteiger partial charge in [0.05, 0.1) is 11.7 Å². The van der Waals surface area contributed by atoms with Crippen molar-refractivity contribution < 1.29 is 9.26 Å². The summed E-state index contributed by atoms with van der Waals surface area (Å²) >= 11 is 0. The molecule has 0 unspecified atom stereocenters. The normalized spacial score (nSPS) is 23.9. The highest BCUT2D eigenvalue weighted by molar-refractivity contribution is 5.71. The number of nitrogens with one attached hydrogen (secondary N) is 1. The van der Waals surface area contributed by atoms with E-state index in [1.54, 1.807) is 0 Å². The molecular weight excluding hydrogens is 354 g/mol. The average molecular weight is 386 g/mol. The van der Waals surface area contributed by atoms with E-state index in [2.05, 4.69) is 26.4 Å². The van der Waals surface area contributed by atoms with E-state index in [1.165, 1.54) is 32.1 Å². The molecular formula is C21H31N5O2. The molecule has 0 amide bonds. The Balaban J connectivity index is 1.51. The molecule has 2 aliphatic rings. The third-order valence-corrected chi connectivity index (χ3v) is 5.99. The number of nitrogens with zero attached hydrogens (tertiary/aromatic N) is 4. The molecule has 0 bridgehead atoms. The molecule has 0 spiro atoms. The summed E-state index contributed by atoms with van der Waals surface area (Å²) in [4.78, 5) is 11.4. The Hall–Kier alpha value is -1.99. The lowest BCUT2D eigenvalue weighted by atomic mass is 9.92. The second-order valence-corrected chi connectivity index (χ2v) is 8.14. The van der Waals surface area contributed by atoms with Crippen molar-refractivity contribution in [2.45, 2.75) is 70.6 Å². The lowest BCUT2D eigenvalue weighted by molar-refractivity contribution is 0.0534. The van der Waals surface area contributed by atoms with Gasteiger partial charge in [-0.25, -0.2) is 4.98 Å². The van der Waals surface area contributed by atoms with Gasteiger partial charge in [-0.3, -0.25) is 0 Å². The van der Waals surface area contributed by atoms with Crippen LogP contribution in [0.2, 0.25) is 0 Å². The van der Waals surface area contributed by atoms with E-state index in [9.17, 15) is 0 Å². The zero-order valence-corrected chi connectivity index (χ0v) is 17.1. The molecule has 2 atom stereocenters. The van der Waals surface area contributed by atoms with Gasteiger partial charge in [0.1, 0.15) is 5.82 Å². The fourth-order valence-corrected chi connectivity index (χ4v) is 4.50. The molecule has 7 heteroatoms. The van der Waals surface area contributed by atoms with Crippen molar-refractivity contribution in [3.8, 4) is 11.4 Å². The second-order valence-electron chi connectivity index (χ2n) is 8.14. The van der Waals surface area contributed by atoms with Gasteiger partial charge >= 0.3 is 0 Å². The molecule has 152 valence electrons. The number of methoxy groups -OCH3 is 1. The number of aromatic nitrogens is 3. The van der Waals surface area contributed by atoms with Crippen LogP contribution in [0.4, 0.5) is 5.82 Å². The molecule has 2 aromatic rings. The molecule has 0 radical (unpaired) electrons. The van der Waals surface area contributed by atoms with Crippen LogP contribution in [0.3, 0.4) is 0 Å². The van der Waals surface area contributed by atoms with Gasteiger partial charge in [0, 0.05) is 45.4 Å². The molecule has 1 aliphatic carbocycles. The predicted molar refractivity (Wildman–Crippen MR) is 108 cm³/mol. The minimum atomic E-state index is 0.138. The standard InChI is InChI=1S/C21H31N5O2/c1-14-11-17(20-23-15(2)28-25-20)21(22-12-14)26-10-9-18(19(13-26)27-3)24-16-7-5-4-6-8-16/h11-12,16,18-19,24H,4-10,13H2,1-3H3/t18-,19+/m0/s1. The topological polar surface area (TPSA) is 76.3 Å². The highest BCUT2D eigenvalue weighted by Gasteiger charge is 2.33. The second kappa shape index (κ2) is 8.57. The fraction of sp³-hybridized carbons (Fsp3) is 0.667. The van der Waals surface area contributed by atoms with Crippen molar-refractivity contribution in [1.29, 1.82) is 0 Å². The molecule has 1 saturated carbocycles. The van der Waals surface area contributed by atoms with Crippen LogP contribution in [-0.2, 0) is 4.74 Å². The number of rotatable bonds is 5. The number of ether oxygens (including phenoxy) is 1. The largest absolute Gasteiger partial charge is 0.378 e. The third kappa shape index (κ3) is 4.20. The molecule has 2 fully saturated rings. The van der Waals surface area contributed by atoms with Gasteiger partial charge in [0.15, 0.2) is 0 Å². The Morgan fingerprint density at radius 3 is 2.71 bits per heavy atom. The summed E-state index contributed by atoms with van der Waals surface area (Å²) in [6.45, 7) is 5.58. The molecule has 4 rings (SSSR count). The minimum absolute atomic E-state index is 0.138. The summed E-state index contributed by atoms with van der Waals surface area (Å²) in [5.41, 5.74) is 2.00. The van der Waals surface area contributed by atoms with E-state index in [4.69, 9.17) is 14.2 Å². The van der Waals surface area contributed by atoms with Gasteiger partial charge < -0.3 is 19.5 Å². The fourth-order valence-electron chi connectivity index (χ4n) is 4.50. The minimum Gasteiger partial charge on any atom is -0.378 e. The molecule has 1 N–H and O–H groups in total. The van der Waals surface area contributed by atoms with Crippen LogP contribution < -0.4 is 10.2 Å². The Morgan fingerprint density at radius 2 is 2.00 bits per heavy atom. The first kappa shape index (κ1) is 19.3. The monoisotopic (exact) mass is 385 g/mol. The quantitative estimate of drug-likeness (QED) is 0.846. The first-order chi connectivity index (χ1) is 13.6. The molecule has 2 aromatic heterocycles. The van der Waals surface area contributed by atoms with Gasteiger partial charge in [-0.15, -0.1) is 0 Å². The predicted octanol–water partition coefficient (Wildman–Crippen LogP) is 3.26. The summed E-state index contributed by atoms with van der Waals surface area (Å²) in [5.74, 6) is 2.07. The van der Waals surface area contributed by atoms with Crippen molar-refractivity contribution in [1.82, 2.24) is 20.4 Å². The smallest absolute Gasteiger partial charge is 0.223 e. The van der Waals surface area contributed by atoms with E-state index in [0.29, 0.717) is 23.8 Å². The van der Waals surface area contributed by atoms with Gasteiger partial charge in [-0.05, 0) is 37.8 Å². The zero-order chi connectivity index (χ0) is 19.5. The van der Waals surface area contributed by atoms with Crippen molar-refractivity contribution in [2.24, 2.45) is 0 Å². The van der Waals surface area contributed by atoms with Crippen molar-refractivity contribution >= 4 is 5.82 Å². The van der Waals surface area contributed by atoms with Crippen LogP contribution in [0.15, 0.2) is 16.8 Å². The van der Waals surface area contributed by atoms with E-state index >= 15 is 0 Å². The summed E-state index contributed by atoms with van der Waals surface area (Å²) in [7, 11) is 1.82. The SMILES string of the molecule is CO[C@@H]1CN(c2ncc(C)cc2-c2noc(C)n2)CC[C@@H]1NC1CCCCC1. The number of hydrogen-bond acceptors (Lipinski definition) is 7. The summed E-state index contributed by atoms with van der Waals surface area (Å²) in [6, 6.07) is 3.12. The lowest BCUT2D eigenvalue weighted by Gasteiger charge is -2.41. The Bertz CT molecular complexity index is 787. The Labute approximate surface area is 166 Å². The number of aryl methyl sites for hydroxylation is 2. The maximum absolute atomic E-state index is 5.89. The van der Waals surface area contributed by atoms with E-state index < -0.39 is 0 Å². The van der Waals surface area contributed by atoms with Crippen LogP contribution in [-0.4, -0.2) is 53.5 Å². The Kier molecular flexibility index (Phi) is 5.92. The van der Waals surface area contributed by atoms with Crippen LogP contribution in [0.25, 0.3) is 11.4 Å². The van der Waals surface area contributed by atoms with Crippen LogP contribution in [0.1, 0.15) is 50.0 Å². The molecule has 1 aliphatic heterocycles. The first-order valence-electron chi connectivity index (χ1n) is 10.4. The van der Waals surface area contributed by atoms with Crippen molar-refractivity contribution in [3.05, 3.63) is 23.7 Å². The third-order valence-electron chi connectivity index (χ3n) is 5.99. The maximum Gasteiger partial charge on any atom is 0.223 e. The lowest BCUT2D eigenvalue weighted by Crippen LogP contribution is -2.56.